The molecule has 0 saturated heterocycles. The number of rotatable bonds is 9. The first-order valence-electron chi connectivity index (χ1n) is 13.6. The van der Waals surface area contributed by atoms with Crippen LogP contribution in [-0.2, 0) is 4.79 Å². The summed E-state index contributed by atoms with van der Waals surface area (Å²) < 4.78 is 0. The van der Waals surface area contributed by atoms with Crippen LogP contribution in [0.4, 0.5) is 5.69 Å². The van der Waals surface area contributed by atoms with Crippen LogP contribution in [0.15, 0.2) is 148 Å². The minimum absolute atomic E-state index is 0.0210. The minimum Gasteiger partial charge on any atom is -0.477 e. The van der Waals surface area contributed by atoms with Crippen LogP contribution in [-0.4, -0.2) is 29.9 Å². The molecule has 0 fully saturated rings. The summed E-state index contributed by atoms with van der Waals surface area (Å²) in [4.78, 5) is 21.2. The summed E-state index contributed by atoms with van der Waals surface area (Å²) in [7, 11) is 0. The summed E-state index contributed by atoms with van der Waals surface area (Å²) >= 11 is 1.69. The normalized spacial score (nSPS) is 14.6. The monoisotopic (exact) mass is 542 g/mol. The number of aliphatic carboxylic acids is 1. The lowest BCUT2D eigenvalue weighted by molar-refractivity contribution is -0.132. The summed E-state index contributed by atoms with van der Waals surface area (Å²) in [5.74, 6) is -1.05. The number of para-hydroxylation sites is 1. The van der Waals surface area contributed by atoms with E-state index >= 15 is 0 Å². The summed E-state index contributed by atoms with van der Waals surface area (Å²) in [6.07, 6.45) is 2.44. The van der Waals surface area contributed by atoms with Gasteiger partial charge in [0.05, 0.1) is 10.7 Å². The maximum Gasteiger partial charge on any atom is 0.354 e. The highest BCUT2D eigenvalue weighted by Crippen LogP contribution is 2.47. The third-order valence-corrected chi connectivity index (χ3v) is 8.20. The molecule has 0 aromatic heterocycles. The Kier molecular flexibility index (Phi) is 8.67. The SMILES string of the molecule is CCC(C=C(N=C(B(c1ccccc1)c1ccccc1)c1ccccc1)C(=O)O)=C1Sc2ccccc2N1CC. The largest absolute Gasteiger partial charge is 0.477 e. The zero-order chi connectivity index (χ0) is 27.9. The van der Waals surface area contributed by atoms with Gasteiger partial charge in [-0.15, -0.1) is 0 Å². The number of thioether (sulfide) groups is 1. The number of benzene rings is 4. The molecule has 1 N–H and O–H groups in total. The Balaban J connectivity index is 1.71. The number of fused-ring (bicyclic) bond motifs is 1. The number of nitrogens with zero attached hydrogens (tertiary/aromatic N) is 2. The van der Waals surface area contributed by atoms with E-state index in [4.69, 9.17) is 4.99 Å². The fourth-order valence-electron chi connectivity index (χ4n) is 5.04. The highest BCUT2D eigenvalue weighted by molar-refractivity contribution is 8.03. The number of allylic oxidation sites excluding steroid dienone is 2. The summed E-state index contributed by atoms with van der Waals surface area (Å²) in [5, 5.41) is 11.5. The van der Waals surface area contributed by atoms with Crippen LogP contribution < -0.4 is 15.8 Å². The van der Waals surface area contributed by atoms with Gasteiger partial charge in [-0.25, -0.2) is 4.79 Å². The van der Waals surface area contributed by atoms with Crippen molar-refractivity contribution in [2.75, 3.05) is 11.4 Å². The minimum atomic E-state index is -1.05. The van der Waals surface area contributed by atoms with E-state index in [-0.39, 0.29) is 12.4 Å². The van der Waals surface area contributed by atoms with Crippen LogP contribution >= 0.6 is 11.8 Å². The van der Waals surface area contributed by atoms with Gasteiger partial charge in [0.15, 0.2) is 0 Å². The van der Waals surface area contributed by atoms with Crippen molar-refractivity contribution in [2.24, 2.45) is 4.99 Å². The second-order valence-corrected chi connectivity index (χ2v) is 10.5. The number of anilines is 1. The third-order valence-electron chi connectivity index (χ3n) is 6.96. The van der Waals surface area contributed by atoms with Crippen LogP contribution in [0, 0.1) is 0 Å². The standard InChI is InChI=1S/C34H31BN2O2S/c1-3-25(33-37(4-2)30-22-14-15-23-31(30)40-33)24-29(34(38)39)36-32(26-16-8-5-9-17-26)35(27-18-10-6-11-19-27)28-20-12-7-13-21-28/h5-24H,3-4H2,1-2H3,(H,38,39). The van der Waals surface area contributed by atoms with E-state index in [0.29, 0.717) is 12.0 Å². The number of carbonyl (C=O) groups is 1. The second kappa shape index (κ2) is 12.7. The van der Waals surface area contributed by atoms with E-state index in [1.165, 1.54) is 4.90 Å². The highest BCUT2D eigenvalue weighted by atomic mass is 32.2. The fraction of sp³-hybridized carbons (Fsp3) is 0.118. The molecule has 0 atom stereocenters. The Morgan fingerprint density at radius 1 is 0.825 bits per heavy atom. The quantitative estimate of drug-likeness (QED) is 0.148. The number of carboxylic acid groups (broad SMARTS) is 1. The topological polar surface area (TPSA) is 52.9 Å². The van der Waals surface area contributed by atoms with E-state index in [2.05, 4.69) is 55.1 Å². The van der Waals surface area contributed by atoms with E-state index in [1.807, 2.05) is 78.9 Å². The molecule has 40 heavy (non-hydrogen) atoms. The lowest BCUT2D eigenvalue weighted by Crippen LogP contribution is -2.49. The first kappa shape index (κ1) is 27.3. The molecule has 0 saturated carbocycles. The molecule has 4 nitrogen and oxygen atoms in total. The van der Waals surface area contributed by atoms with Crippen LogP contribution in [0.1, 0.15) is 25.8 Å². The van der Waals surface area contributed by atoms with Crippen molar-refractivity contribution in [1.82, 2.24) is 0 Å². The Bertz CT molecular complexity index is 1530. The lowest BCUT2D eigenvalue weighted by Gasteiger charge is -2.21. The summed E-state index contributed by atoms with van der Waals surface area (Å²) in [6, 6.07) is 38.5. The van der Waals surface area contributed by atoms with Gasteiger partial charge < -0.3 is 10.0 Å². The van der Waals surface area contributed by atoms with Crippen molar-refractivity contribution in [3.63, 3.8) is 0 Å². The van der Waals surface area contributed by atoms with Gasteiger partial charge in [0, 0.05) is 17.1 Å². The average molecular weight is 543 g/mol. The van der Waals surface area contributed by atoms with Gasteiger partial charge in [0.25, 0.3) is 6.71 Å². The maximum atomic E-state index is 12.8. The molecule has 1 aliphatic heterocycles. The van der Waals surface area contributed by atoms with Gasteiger partial charge in [-0.2, -0.15) is 0 Å². The smallest absolute Gasteiger partial charge is 0.354 e. The molecule has 0 unspecified atom stereocenters. The van der Waals surface area contributed by atoms with Gasteiger partial charge in [-0.3, -0.25) is 4.99 Å². The molecule has 4 aromatic carbocycles. The average Bonchev–Trinajstić information content (AvgIpc) is 3.38. The number of carboxylic acids is 1. The predicted molar refractivity (Wildman–Crippen MR) is 169 cm³/mol. The number of hydrogen-bond acceptors (Lipinski definition) is 4. The third kappa shape index (κ3) is 5.82. The van der Waals surface area contributed by atoms with Gasteiger partial charge in [0.1, 0.15) is 5.70 Å². The Labute approximate surface area is 240 Å². The van der Waals surface area contributed by atoms with Crippen LogP contribution in [0.3, 0.4) is 0 Å². The molecule has 0 amide bonds. The van der Waals surface area contributed by atoms with Gasteiger partial charge in [-0.1, -0.05) is 133 Å². The Morgan fingerprint density at radius 2 is 1.38 bits per heavy atom. The molecule has 5 rings (SSSR count). The maximum absolute atomic E-state index is 12.8. The fourth-order valence-corrected chi connectivity index (χ4v) is 6.35. The van der Waals surface area contributed by atoms with E-state index in [9.17, 15) is 9.90 Å². The van der Waals surface area contributed by atoms with Crippen LogP contribution in [0.5, 0.6) is 0 Å². The van der Waals surface area contributed by atoms with Crippen molar-refractivity contribution < 1.29 is 9.90 Å². The van der Waals surface area contributed by atoms with Crippen LogP contribution in [0.25, 0.3) is 0 Å². The molecule has 6 heteroatoms. The van der Waals surface area contributed by atoms with E-state index in [1.54, 1.807) is 17.8 Å². The lowest BCUT2D eigenvalue weighted by atomic mass is 9.36. The van der Waals surface area contributed by atoms with E-state index < -0.39 is 5.97 Å². The first-order chi connectivity index (χ1) is 19.6. The molecule has 198 valence electrons. The molecule has 0 aliphatic carbocycles. The molecular formula is C34H31BN2O2S. The molecule has 1 heterocycles. The van der Waals surface area contributed by atoms with Gasteiger partial charge in [0.2, 0.25) is 0 Å². The molecular weight excluding hydrogens is 511 g/mol. The van der Waals surface area contributed by atoms with Gasteiger partial charge >= 0.3 is 5.97 Å². The van der Waals surface area contributed by atoms with Crippen LogP contribution in [0.2, 0.25) is 0 Å². The zero-order valence-corrected chi connectivity index (χ0v) is 23.5. The van der Waals surface area contributed by atoms with Crippen molar-refractivity contribution in [2.45, 2.75) is 25.2 Å². The summed E-state index contributed by atoms with van der Waals surface area (Å²) in [5.41, 5.74) is 5.81. The number of hydrogen-bond donors (Lipinski definition) is 1. The van der Waals surface area contributed by atoms with E-state index in [0.717, 1.165) is 39.3 Å². The molecule has 4 aromatic rings. The Morgan fingerprint density at radius 3 is 1.93 bits per heavy atom. The second-order valence-electron chi connectivity index (χ2n) is 9.45. The van der Waals surface area contributed by atoms with Crippen molar-refractivity contribution in [3.05, 3.63) is 143 Å². The van der Waals surface area contributed by atoms with Crippen molar-refractivity contribution >= 4 is 46.7 Å². The van der Waals surface area contributed by atoms with Crippen molar-refractivity contribution in [3.8, 4) is 0 Å². The van der Waals surface area contributed by atoms with Gasteiger partial charge in [-0.05, 0) is 42.7 Å². The van der Waals surface area contributed by atoms with Crippen molar-refractivity contribution in [1.29, 1.82) is 0 Å². The summed E-state index contributed by atoms with van der Waals surface area (Å²) in [6.45, 7) is 4.73. The molecule has 0 spiro atoms. The Hall–Kier alpha value is -4.29. The molecule has 0 radical (unpaired) electrons. The first-order valence-corrected chi connectivity index (χ1v) is 14.4. The predicted octanol–water partition coefficient (Wildman–Crippen LogP) is 6.55. The highest BCUT2D eigenvalue weighted by Gasteiger charge is 2.29. The molecule has 1 aliphatic rings. The molecule has 0 bridgehead atoms. The zero-order valence-electron chi connectivity index (χ0n) is 22.7. The number of aliphatic imine (C=N–C) groups is 1.